The van der Waals surface area contributed by atoms with Crippen LogP contribution in [-0.4, -0.2) is 39.6 Å². The second-order valence-corrected chi connectivity index (χ2v) is 4.19. The summed E-state index contributed by atoms with van der Waals surface area (Å²) in [6.07, 6.45) is 0. The predicted octanol–water partition coefficient (Wildman–Crippen LogP) is 0.533. The lowest BCUT2D eigenvalue weighted by atomic mass is 10.1. The van der Waals surface area contributed by atoms with Crippen LogP contribution < -0.4 is 5.32 Å². The lowest BCUT2D eigenvalue weighted by molar-refractivity contribution is -0.142. The number of aromatic nitrogens is 2. The van der Waals surface area contributed by atoms with Crippen LogP contribution in [0.25, 0.3) is 0 Å². The fourth-order valence-corrected chi connectivity index (χ4v) is 1.74. The first-order chi connectivity index (χ1) is 6.98. The molecule has 7 heteroatoms. The van der Waals surface area contributed by atoms with Gasteiger partial charge in [-0.2, -0.15) is 0 Å². The van der Waals surface area contributed by atoms with E-state index in [1.54, 1.807) is 20.9 Å². The maximum atomic E-state index is 10.9. The van der Waals surface area contributed by atoms with Gasteiger partial charge >= 0.3 is 5.97 Å². The molecule has 84 valence electrons. The van der Waals surface area contributed by atoms with Gasteiger partial charge in [0.15, 0.2) is 0 Å². The van der Waals surface area contributed by atoms with Crippen molar-refractivity contribution in [2.75, 3.05) is 12.8 Å². The van der Waals surface area contributed by atoms with Gasteiger partial charge in [0.25, 0.3) is 5.22 Å². The van der Waals surface area contributed by atoms with Crippen molar-refractivity contribution in [2.24, 2.45) is 0 Å². The number of hydrogen-bond donors (Lipinski definition) is 2. The second-order valence-electron chi connectivity index (χ2n) is 3.26. The van der Waals surface area contributed by atoms with Gasteiger partial charge in [0.05, 0.1) is 0 Å². The number of hydrogen-bond acceptors (Lipinski definition) is 6. The molecule has 0 saturated heterocycles. The summed E-state index contributed by atoms with van der Waals surface area (Å²) in [6.45, 7) is 3.29. The van der Waals surface area contributed by atoms with Gasteiger partial charge in [-0.1, -0.05) is 11.8 Å². The van der Waals surface area contributed by atoms with E-state index in [9.17, 15) is 4.79 Å². The van der Waals surface area contributed by atoms with Crippen LogP contribution in [0, 0.1) is 6.92 Å². The molecular formula is C8H13N3O3S. The highest BCUT2D eigenvalue weighted by Gasteiger charge is 2.31. The molecule has 1 aromatic heterocycles. The van der Waals surface area contributed by atoms with Gasteiger partial charge < -0.3 is 14.8 Å². The molecule has 0 spiro atoms. The molecule has 0 radical (unpaired) electrons. The first kappa shape index (κ1) is 12.0. The van der Waals surface area contributed by atoms with Gasteiger partial charge in [0.1, 0.15) is 5.54 Å². The number of carboxylic acid groups (broad SMARTS) is 1. The molecule has 0 aliphatic carbocycles. The number of likely N-dealkylation sites (N-methyl/N-ethyl adjacent to an activating group) is 1. The van der Waals surface area contributed by atoms with Gasteiger partial charge in [-0.15, -0.1) is 10.2 Å². The number of nitrogens with one attached hydrogen (secondary N) is 1. The van der Waals surface area contributed by atoms with Crippen molar-refractivity contribution in [2.45, 2.75) is 24.6 Å². The molecule has 2 N–H and O–H groups in total. The molecule has 1 unspecified atom stereocenters. The topological polar surface area (TPSA) is 88.3 Å². The summed E-state index contributed by atoms with van der Waals surface area (Å²) in [5, 5.41) is 19.5. The Morgan fingerprint density at radius 1 is 1.67 bits per heavy atom. The second kappa shape index (κ2) is 4.63. The SMILES string of the molecule is CNC(C)(CSc1nnc(C)o1)C(=O)O. The molecule has 0 saturated carbocycles. The maximum absolute atomic E-state index is 10.9. The lowest BCUT2D eigenvalue weighted by Gasteiger charge is -2.22. The molecular weight excluding hydrogens is 218 g/mol. The molecule has 1 atom stereocenters. The van der Waals surface area contributed by atoms with Crippen molar-refractivity contribution >= 4 is 17.7 Å². The Bertz CT molecular complexity index is 355. The number of nitrogens with zero attached hydrogens (tertiary/aromatic N) is 2. The summed E-state index contributed by atoms with van der Waals surface area (Å²) in [6, 6.07) is 0. The Balaban J connectivity index is 2.59. The normalized spacial score (nSPS) is 14.9. The minimum atomic E-state index is -0.993. The zero-order chi connectivity index (χ0) is 11.5. The number of aliphatic carboxylic acids is 1. The Labute approximate surface area is 91.5 Å². The largest absolute Gasteiger partial charge is 0.480 e. The Kier molecular flexibility index (Phi) is 3.70. The van der Waals surface area contributed by atoms with Crippen LogP contribution in [0.2, 0.25) is 0 Å². The zero-order valence-corrected chi connectivity index (χ0v) is 9.59. The van der Waals surface area contributed by atoms with Crippen molar-refractivity contribution in [3.63, 3.8) is 0 Å². The summed E-state index contributed by atoms with van der Waals surface area (Å²) in [4.78, 5) is 10.9. The van der Waals surface area contributed by atoms with Crippen molar-refractivity contribution in [3.8, 4) is 0 Å². The van der Waals surface area contributed by atoms with Crippen LogP contribution in [0.3, 0.4) is 0 Å². The van der Waals surface area contributed by atoms with Gasteiger partial charge in [0.2, 0.25) is 5.89 Å². The third-order valence-electron chi connectivity index (χ3n) is 2.02. The summed E-state index contributed by atoms with van der Waals surface area (Å²) < 4.78 is 5.12. The van der Waals surface area contributed by atoms with Gasteiger partial charge in [0, 0.05) is 12.7 Å². The van der Waals surface area contributed by atoms with Crippen LogP contribution in [-0.2, 0) is 4.79 Å². The van der Waals surface area contributed by atoms with Crippen LogP contribution in [0.5, 0.6) is 0 Å². The van der Waals surface area contributed by atoms with E-state index >= 15 is 0 Å². The Morgan fingerprint density at radius 2 is 2.33 bits per heavy atom. The first-order valence-electron chi connectivity index (χ1n) is 4.33. The highest BCUT2D eigenvalue weighted by Crippen LogP contribution is 2.21. The molecule has 0 bridgehead atoms. The number of carboxylic acids is 1. The van der Waals surface area contributed by atoms with Crippen molar-refractivity contribution < 1.29 is 14.3 Å². The van der Waals surface area contributed by atoms with Gasteiger partial charge in [-0.3, -0.25) is 4.79 Å². The third kappa shape index (κ3) is 2.93. The fourth-order valence-electron chi connectivity index (χ4n) is 0.784. The van der Waals surface area contributed by atoms with Crippen molar-refractivity contribution in [1.82, 2.24) is 15.5 Å². The van der Waals surface area contributed by atoms with Crippen molar-refractivity contribution in [3.05, 3.63) is 5.89 Å². The molecule has 0 fully saturated rings. The Morgan fingerprint density at radius 3 is 2.73 bits per heavy atom. The summed E-state index contributed by atoms with van der Waals surface area (Å²) in [5.74, 6) is -0.117. The van der Waals surface area contributed by atoms with E-state index < -0.39 is 11.5 Å². The van der Waals surface area contributed by atoms with E-state index in [1.165, 1.54) is 11.8 Å². The van der Waals surface area contributed by atoms with E-state index in [4.69, 9.17) is 9.52 Å². The number of aryl methyl sites for hydroxylation is 1. The molecule has 0 amide bonds. The summed E-state index contributed by atoms with van der Waals surface area (Å²) in [5.41, 5.74) is -0.993. The van der Waals surface area contributed by atoms with E-state index in [0.717, 1.165) is 0 Å². The fraction of sp³-hybridized carbons (Fsp3) is 0.625. The standard InChI is InChI=1S/C8H13N3O3S/c1-5-10-11-7(14-5)15-4-8(2,9-3)6(12)13/h9H,4H2,1-3H3,(H,12,13). The van der Waals surface area contributed by atoms with Crippen LogP contribution in [0.4, 0.5) is 0 Å². The molecule has 6 nitrogen and oxygen atoms in total. The average Bonchev–Trinajstić information content (AvgIpc) is 2.60. The number of rotatable bonds is 5. The molecule has 1 aromatic rings. The highest BCUT2D eigenvalue weighted by molar-refractivity contribution is 7.99. The third-order valence-corrected chi connectivity index (χ3v) is 3.15. The molecule has 1 heterocycles. The lowest BCUT2D eigenvalue weighted by Crippen LogP contribution is -2.49. The number of thioether (sulfide) groups is 1. The summed E-state index contributed by atoms with van der Waals surface area (Å²) in [7, 11) is 1.60. The van der Waals surface area contributed by atoms with E-state index in [0.29, 0.717) is 16.9 Å². The molecule has 0 aromatic carbocycles. The van der Waals surface area contributed by atoms with Crippen molar-refractivity contribution in [1.29, 1.82) is 0 Å². The molecule has 0 aliphatic heterocycles. The minimum absolute atomic E-state index is 0.320. The van der Waals surface area contributed by atoms with Crippen LogP contribution in [0.15, 0.2) is 9.64 Å². The average molecular weight is 231 g/mol. The zero-order valence-electron chi connectivity index (χ0n) is 8.77. The molecule has 0 aliphatic rings. The predicted molar refractivity (Wildman–Crippen MR) is 54.9 cm³/mol. The Hall–Kier alpha value is -1.08. The smallest absolute Gasteiger partial charge is 0.324 e. The monoisotopic (exact) mass is 231 g/mol. The van der Waals surface area contributed by atoms with Gasteiger partial charge in [-0.05, 0) is 14.0 Å². The van der Waals surface area contributed by atoms with E-state index in [1.807, 2.05) is 0 Å². The maximum Gasteiger partial charge on any atom is 0.324 e. The van der Waals surface area contributed by atoms with Crippen LogP contribution in [0.1, 0.15) is 12.8 Å². The van der Waals surface area contributed by atoms with Crippen LogP contribution >= 0.6 is 11.8 Å². The number of carbonyl (C=O) groups is 1. The minimum Gasteiger partial charge on any atom is -0.480 e. The quantitative estimate of drug-likeness (QED) is 0.715. The molecule has 1 rings (SSSR count). The summed E-state index contributed by atoms with van der Waals surface area (Å²) >= 11 is 1.22. The van der Waals surface area contributed by atoms with E-state index in [2.05, 4.69) is 15.5 Å². The van der Waals surface area contributed by atoms with Gasteiger partial charge in [-0.25, -0.2) is 0 Å². The molecule has 15 heavy (non-hydrogen) atoms. The highest BCUT2D eigenvalue weighted by atomic mass is 32.2. The first-order valence-corrected chi connectivity index (χ1v) is 5.32. The van der Waals surface area contributed by atoms with E-state index in [-0.39, 0.29) is 0 Å².